The summed E-state index contributed by atoms with van der Waals surface area (Å²) in [5.41, 5.74) is 11.6. The van der Waals surface area contributed by atoms with Crippen LogP contribution >= 0.6 is 34.5 Å². The summed E-state index contributed by atoms with van der Waals surface area (Å²) in [5.74, 6) is -0.363. The number of halogens is 2. The first-order chi connectivity index (χ1) is 6.50. The van der Waals surface area contributed by atoms with E-state index in [9.17, 15) is 4.79 Å². The van der Waals surface area contributed by atoms with Gasteiger partial charge >= 0.3 is 0 Å². The zero-order valence-electron chi connectivity index (χ0n) is 7.30. The topological polar surface area (TPSA) is 69.1 Å². The maximum absolute atomic E-state index is 10.5. The molecule has 0 bridgehead atoms. The highest BCUT2D eigenvalue weighted by atomic mass is 35.5. The Labute approximate surface area is 96.0 Å². The van der Waals surface area contributed by atoms with E-state index in [1.165, 1.54) is 11.3 Å². The van der Waals surface area contributed by atoms with E-state index >= 15 is 0 Å². The normalized spacial score (nSPS) is 12.8. The van der Waals surface area contributed by atoms with Gasteiger partial charge in [0.1, 0.15) is 0 Å². The van der Waals surface area contributed by atoms with Gasteiger partial charge in [0.25, 0.3) is 0 Å². The van der Waals surface area contributed by atoms with Crippen LogP contribution in [0.3, 0.4) is 0 Å². The first-order valence-corrected chi connectivity index (χ1v) is 5.56. The van der Waals surface area contributed by atoms with Gasteiger partial charge in [-0.05, 0) is 18.1 Å². The number of hydrogen-bond donors (Lipinski definition) is 2. The average molecular weight is 253 g/mol. The van der Waals surface area contributed by atoms with Crippen LogP contribution in [0.2, 0.25) is 8.67 Å². The number of rotatable bonds is 4. The Bertz CT molecular complexity index is 340. The van der Waals surface area contributed by atoms with Crippen molar-refractivity contribution in [3.63, 3.8) is 0 Å². The molecule has 0 aromatic carbocycles. The summed E-state index contributed by atoms with van der Waals surface area (Å²) >= 11 is 12.9. The molecule has 0 aliphatic heterocycles. The predicted molar refractivity (Wildman–Crippen MR) is 59.7 cm³/mol. The number of amides is 1. The summed E-state index contributed by atoms with van der Waals surface area (Å²) in [4.78, 5) is 10.5. The van der Waals surface area contributed by atoms with E-state index in [4.69, 9.17) is 34.7 Å². The number of carbonyl (C=O) groups is 1. The molecule has 1 aromatic rings. The molecule has 1 atom stereocenters. The lowest BCUT2D eigenvalue weighted by atomic mass is 10.1. The van der Waals surface area contributed by atoms with Crippen LogP contribution in [0, 0.1) is 0 Å². The quantitative estimate of drug-likeness (QED) is 0.864. The van der Waals surface area contributed by atoms with Gasteiger partial charge in [-0.1, -0.05) is 23.2 Å². The molecular formula is C8H10Cl2N2OS. The van der Waals surface area contributed by atoms with E-state index in [-0.39, 0.29) is 18.4 Å². The van der Waals surface area contributed by atoms with E-state index in [0.717, 1.165) is 5.56 Å². The van der Waals surface area contributed by atoms with Crippen LogP contribution in [0.25, 0.3) is 0 Å². The van der Waals surface area contributed by atoms with Crippen LogP contribution in [0.1, 0.15) is 24.4 Å². The standard InChI is InChI=1S/C8H10Cl2N2OS/c9-6-3-4(8(10)14-6)5(11)1-2-7(12)13/h3,5H,1-2,11H2,(H2,12,13). The van der Waals surface area contributed by atoms with Crippen molar-refractivity contribution in [2.24, 2.45) is 11.5 Å². The Morgan fingerprint density at radius 2 is 2.21 bits per heavy atom. The monoisotopic (exact) mass is 252 g/mol. The molecular weight excluding hydrogens is 243 g/mol. The Morgan fingerprint density at radius 1 is 1.57 bits per heavy atom. The van der Waals surface area contributed by atoms with Crippen LogP contribution in [0.4, 0.5) is 0 Å². The van der Waals surface area contributed by atoms with Gasteiger partial charge < -0.3 is 11.5 Å². The Morgan fingerprint density at radius 3 is 2.64 bits per heavy atom. The summed E-state index contributed by atoms with van der Waals surface area (Å²) < 4.78 is 1.17. The molecule has 78 valence electrons. The Balaban J connectivity index is 2.64. The number of hydrogen-bond acceptors (Lipinski definition) is 3. The molecule has 0 fully saturated rings. The molecule has 0 aliphatic carbocycles. The average Bonchev–Trinajstić information content (AvgIpc) is 2.41. The lowest BCUT2D eigenvalue weighted by Crippen LogP contribution is -2.16. The van der Waals surface area contributed by atoms with Gasteiger partial charge in [-0.3, -0.25) is 4.79 Å². The van der Waals surface area contributed by atoms with Crippen molar-refractivity contribution in [2.45, 2.75) is 18.9 Å². The van der Waals surface area contributed by atoms with Gasteiger partial charge in [0.2, 0.25) is 5.91 Å². The van der Waals surface area contributed by atoms with E-state index < -0.39 is 0 Å². The SMILES string of the molecule is NC(=O)CCC(N)c1cc(Cl)sc1Cl. The van der Waals surface area contributed by atoms with Crippen molar-refractivity contribution in [1.82, 2.24) is 0 Å². The second kappa shape index (κ2) is 4.98. The highest BCUT2D eigenvalue weighted by Crippen LogP contribution is 2.35. The molecule has 0 saturated carbocycles. The van der Waals surface area contributed by atoms with E-state index in [2.05, 4.69) is 0 Å². The second-order valence-corrected chi connectivity index (χ2v) is 5.18. The Hall–Kier alpha value is -0.290. The van der Waals surface area contributed by atoms with E-state index in [1.54, 1.807) is 6.07 Å². The maximum atomic E-state index is 10.5. The lowest BCUT2D eigenvalue weighted by Gasteiger charge is -2.08. The fraction of sp³-hybridized carbons (Fsp3) is 0.375. The highest BCUT2D eigenvalue weighted by molar-refractivity contribution is 7.20. The molecule has 1 rings (SSSR count). The fourth-order valence-corrected chi connectivity index (χ4v) is 2.66. The smallest absolute Gasteiger partial charge is 0.217 e. The summed E-state index contributed by atoms with van der Waals surface area (Å²) in [5, 5.41) is 0. The largest absolute Gasteiger partial charge is 0.370 e. The number of thiophene rings is 1. The number of primary amides is 1. The minimum absolute atomic E-state index is 0.255. The third kappa shape index (κ3) is 3.13. The molecule has 3 nitrogen and oxygen atoms in total. The maximum Gasteiger partial charge on any atom is 0.217 e. The fourth-order valence-electron chi connectivity index (χ4n) is 1.06. The Kier molecular flexibility index (Phi) is 4.19. The molecule has 1 heterocycles. The molecule has 6 heteroatoms. The molecule has 0 radical (unpaired) electrons. The summed E-state index contributed by atoms with van der Waals surface area (Å²) in [6.07, 6.45) is 0.743. The van der Waals surface area contributed by atoms with Gasteiger partial charge in [-0.15, -0.1) is 11.3 Å². The van der Waals surface area contributed by atoms with Crippen LogP contribution in [0.15, 0.2) is 6.07 Å². The first kappa shape index (κ1) is 11.8. The summed E-state index contributed by atoms with van der Waals surface area (Å²) in [6, 6.07) is 1.44. The van der Waals surface area contributed by atoms with Gasteiger partial charge in [0.15, 0.2) is 0 Å². The molecule has 4 N–H and O–H groups in total. The van der Waals surface area contributed by atoms with Crippen molar-refractivity contribution in [3.8, 4) is 0 Å². The summed E-state index contributed by atoms with van der Waals surface area (Å²) in [7, 11) is 0. The van der Waals surface area contributed by atoms with Crippen molar-refractivity contribution in [1.29, 1.82) is 0 Å². The van der Waals surface area contributed by atoms with Gasteiger partial charge in [-0.25, -0.2) is 0 Å². The van der Waals surface area contributed by atoms with Crippen molar-refractivity contribution in [2.75, 3.05) is 0 Å². The van der Waals surface area contributed by atoms with E-state index in [1.807, 2.05) is 0 Å². The minimum Gasteiger partial charge on any atom is -0.370 e. The number of carbonyl (C=O) groups excluding carboxylic acids is 1. The van der Waals surface area contributed by atoms with Gasteiger partial charge in [-0.2, -0.15) is 0 Å². The predicted octanol–water partition coefficient (Wildman–Crippen LogP) is 2.32. The second-order valence-electron chi connectivity index (χ2n) is 2.89. The molecule has 0 aliphatic rings. The van der Waals surface area contributed by atoms with Gasteiger partial charge in [0, 0.05) is 12.5 Å². The molecule has 14 heavy (non-hydrogen) atoms. The van der Waals surface area contributed by atoms with Crippen LogP contribution in [-0.4, -0.2) is 5.91 Å². The van der Waals surface area contributed by atoms with Crippen LogP contribution in [0.5, 0.6) is 0 Å². The lowest BCUT2D eigenvalue weighted by molar-refractivity contribution is -0.118. The first-order valence-electron chi connectivity index (χ1n) is 3.99. The molecule has 1 amide bonds. The highest BCUT2D eigenvalue weighted by Gasteiger charge is 2.14. The van der Waals surface area contributed by atoms with Gasteiger partial charge in [0.05, 0.1) is 8.67 Å². The summed E-state index contributed by atoms with van der Waals surface area (Å²) in [6.45, 7) is 0. The third-order valence-corrected chi connectivity index (χ3v) is 3.30. The van der Waals surface area contributed by atoms with Crippen molar-refractivity contribution >= 4 is 40.4 Å². The van der Waals surface area contributed by atoms with Crippen LogP contribution in [-0.2, 0) is 4.79 Å². The third-order valence-electron chi connectivity index (χ3n) is 1.78. The zero-order valence-corrected chi connectivity index (χ0v) is 9.62. The molecule has 0 saturated heterocycles. The molecule has 1 aromatic heterocycles. The van der Waals surface area contributed by atoms with Crippen molar-refractivity contribution < 1.29 is 4.79 Å². The van der Waals surface area contributed by atoms with E-state index in [0.29, 0.717) is 15.1 Å². The molecule has 1 unspecified atom stereocenters. The van der Waals surface area contributed by atoms with Crippen LogP contribution < -0.4 is 11.5 Å². The molecule has 0 spiro atoms. The van der Waals surface area contributed by atoms with Crippen molar-refractivity contribution in [3.05, 3.63) is 20.3 Å². The minimum atomic E-state index is -0.363. The number of nitrogens with two attached hydrogens (primary N) is 2. The zero-order chi connectivity index (χ0) is 10.7.